The SMILES string of the molecule is O=C(O)OC(=O)C(F)(F)C(F)(F)C(F)(F)F. The van der Waals surface area contributed by atoms with Crippen LogP contribution >= 0.6 is 0 Å². The lowest BCUT2D eigenvalue weighted by Crippen LogP contribution is -2.56. The molecule has 0 spiro atoms. The molecule has 0 fully saturated rings. The van der Waals surface area contributed by atoms with E-state index in [0.29, 0.717) is 0 Å². The molecule has 0 heterocycles. The lowest BCUT2D eigenvalue weighted by atomic mass is 10.1. The standard InChI is InChI=1S/C5HF7O4/c6-3(7,1(13)16-2(14)15)4(8,9)5(10,11)12/h(H,14,15). The molecule has 94 valence electrons. The summed E-state index contributed by atoms with van der Waals surface area (Å²) in [5.41, 5.74) is 0. The number of carboxylic acid groups (broad SMARTS) is 1. The van der Waals surface area contributed by atoms with Crippen LogP contribution in [-0.2, 0) is 9.53 Å². The predicted molar refractivity (Wildman–Crippen MR) is 30.1 cm³/mol. The second kappa shape index (κ2) is 3.79. The Kier molecular flexibility index (Phi) is 3.42. The van der Waals surface area contributed by atoms with Crippen molar-refractivity contribution in [2.45, 2.75) is 18.0 Å². The molecule has 0 atom stereocenters. The highest BCUT2D eigenvalue weighted by Crippen LogP contribution is 2.46. The van der Waals surface area contributed by atoms with E-state index in [9.17, 15) is 40.3 Å². The fourth-order valence-corrected chi connectivity index (χ4v) is 0.450. The van der Waals surface area contributed by atoms with Crippen LogP contribution in [0.3, 0.4) is 0 Å². The third-order valence-corrected chi connectivity index (χ3v) is 1.19. The molecule has 11 heteroatoms. The molecule has 0 aliphatic heterocycles. The third-order valence-electron chi connectivity index (χ3n) is 1.19. The second-order valence-electron chi connectivity index (χ2n) is 2.30. The molecular weight excluding hydrogens is 257 g/mol. The minimum absolute atomic E-state index is 2.54. The summed E-state index contributed by atoms with van der Waals surface area (Å²) >= 11 is 0. The highest BCUT2D eigenvalue weighted by molar-refractivity contribution is 5.87. The van der Waals surface area contributed by atoms with E-state index in [4.69, 9.17) is 5.11 Å². The summed E-state index contributed by atoms with van der Waals surface area (Å²) < 4.78 is 85.4. The van der Waals surface area contributed by atoms with Crippen molar-refractivity contribution in [1.82, 2.24) is 0 Å². The number of halogens is 7. The molecule has 0 unspecified atom stereocenters. The van der Waals surface area contributed by atoms with Gasteiger partial charge < -0.3 is 9.84 Å². The van der Waals surface area contributed by atoms with E-state index in [2.05, 4.69) is 4.74 Å². The number of ether oxygens (including phenoxy) is 1. The molecule has 0 aromatic rings. The van der Waals surface area contributed by atoms with Gasteiger partial charge >= 0.3 is 30.1 Å². The highest BCUT2D eigenvalue weighted by Gasteiger charge is 2.77. The van der Waals surface area contributed by atoms with Crippen molar-refractivity contribution in [3.05, 3.63) is 0 Å². The van der Waals surface area contributed by atoms with E-state index in [1.165, 1.54) is 0 Å². The molecule has 4 nitrogen and oxygen atoms in total. The lowest BCUT2D eigenvalue weighted by molar-refractivity contribution is -0.347. The quantitative estimate of drug-likeness (QED) is 0.467. The first-order chi connectivity index (χ1) is 6.84. The van der Waals surface area contributed by atoms with Crippen LogP contribution in [0.25, 0.3) is 0 Å². The van der Waals surface area contributed by atoms with E-state index < -0.39 is 30.1 Å². The molecule has 0 aliphatic rings. The van der Waals surface area contributed by atoms with Crippen LogP contribution in [0.5, 0.6) is 0 Å². The summed E-state index contributed by atoms with van der Waals surface area (Å²) in [6.45, 7) is 0. The molecule has 0 aromatic heterocycles. The Morgan fingerprint density at radius 2 is 1.31 bits per heavy atom. The highest BCUT2D eigenvalue weighted by atomic mass is 19.4. The summed E-state index contributed by atoms with van der Waals surface area (Å²) in [6, 6.07) is 0. The number of esters is 1. The Balaban J connectivity index is 5.19. The minimum atomic E-state index is -6.73. The van der Waals surface area contributed by atoms with Crippen molar-refractivity contribution in [3.8, 4) is 0 Å². The first-order valence-electron chi connectivity index (χ1n) is 3.11. The van der Waals surface area contributed by atoms with Crippen LogP contribution in [0.4, 0.5) is 35.5 Å². The van der Waals surface area contributed by atoms with E-state index in [-0.39, 0.29) is 0 Å². The largest absolute Gasteiger partial charge is 0.513 e. The molecule has 1 N–H and O–H groups in total. The summed E-state index contributed by atoms with van der Waals surface area (Å²) in [6.07, 6.45) is -9.46. The van der Waals surface area contributed by atoms with Gasteiger partial charge in [-0.1, -0.05) is 0 Å². The molecule has 0 saturated carbocycles. The normalized spacial score (nSPS) is 13.4. The number of carbonyl (C=O) groups is 2. The van der Waals surface area contributed by atoms with Crippen molar-refractivity contribution in [2.24, 2.45) is 0 Å². The zero-order chi connectivity index (χ0) is 13.4. The van der Waals surface area contributed by atoms with Crippen LogP contribution in [0, 0.1) is 0 Å². The van der Waals surface area contributed by atoms with Crippen LogP contribution in [0.1, 0.15) is 0 Å². The topological polar surface area (TPSA) is 63.6 Å². The van der Waals surface area contributed by atoms with Crippen molar-refractivity contribution in [1.29, 1.82) is 0 Å². The summed E-state index contributed by atoms with van der Waals surface area (Å²) in [5, 5.41) is 7.61. The van der Waals surface area contributed by atoms with Gasteiger partial charge in [0.1, 0.15) is 0 Å². The molecule has 0 aliphatic carbocycles. The van der Waals surface area contributed by atoms with Gasteiger partial charge in [-0.3, -0.25) is 0 Å². The number of carbonyl (C=O) groups excluding carboxylic acids is 1. The maximum Gasteiger partial charge on any atom is 0.513 e. The van der Waals surface area contributed by atoms with E-state index in [1.807, 2.05) is 0 Å². The van der Waals surface area contributed by atoms with Crippen LogP contribution in [0.15, 0.2) is 0 Å². The van der Waals surface area contributed by atoms with Gasteiger partial charge in [-0.2, -0.15) is 30.7 Å². The molecule has 0 bridgehead atoms. The average Bonchev–Trinajstić information content (AvgIpc) is 2.00. The molecular formula is C5HF7O4. The Labute approximate surface area is 81.6 Å². The van der Waals surface area contributed by atoms with Crippen molar-refractivity contribution < 1.29 is 50.2 Å². The predicted octanol–water partition coefficient (Wildman–Crippen LogP) is 2.04. The van der Waals surface area contributed by atoms with E-state index in [0.717, 1.165) is 0 Å². The average molecular weight is 258 g/mol. The van der Waals surface area contributed by atoms with E-state index >= 15 is 0 Å². The lowest BCUT2D eigenvalue weighted by Gasteiger charge is -2.25. The maximum absolute atomic E-state index is 12.2. The molecule has 0 amide bonds. The van der Waals surface area contributed by atoms with Crippen molar-refractivity contribution in [2.75, 3.05) is 0 Å². The number of hydrogen-bond acceptors (Lipinski definition) is 3. The zero-order valence-electron chi connectivity index (χ0n) is 6.82. The van der Waals surface area contributed by atoms with Gasteiger partial charge in [0.15, 0.2) is 0 Å². The molecule has 0 saturated heterocycles. The number of rotatable bonds is 2. The fraction of sp³-hybridized carbons (Fsp3) is 0.600. The molecule has 16 heavy (non-hydrogen) atoms. The van der Waals surface area contributed by atoms with Gasteiger partial charge in [0.25, 0.3) is 0 Å². The monoisotopic (exact) mass is 258 g/mol. The van der Waals surface area contributed by atoms with Gasteiger partial charge in [-0.25, -0.2) is 9.59 Å². The molecule has 0 aromatic carbocycles. The molecule has 0 radical (unpaired) electrons. The third kappa shape index (κ3) is 2.33. The maximum atomic E-state index is 12.2. The van der Waals surface area contributed by atoms with Gasteiger partial charge in [0, 0.05) is 0 Å². The summed E-state index contributed by atoms with van der Waals surface area (Å²) in [5.74, 6) is -16.6. The van der Waals surface area contributed by atoms with Crippen molar-refractivity contribution >= 4 is 12.1 Å². The first kappa shape index (κ1) is 14.5. The van der Waals surface area contributed by atoms with Gasteiger partial charge in [-0.05, 0) is 0 Å². The fourth-order valence-electron chi connectivity index (χ4n) is 0.450. The second-order valence-corrected chi connectivity index (χ2v) is 2.30. The first-order valence-corrected chi connectivity index (χ1v) is 3.11. The van der Waals surface area contributed by atoms with Crippen LogP contribution in [-0.4, -0.2) is 35.3 Å². The number of hydrogen-bond donors (Lipinski definition) is 1. The smallest absolute Gasteiger partial charge is 0.449 e. The zero-order valence-corrected chi connectivity index (χ0v) is 6.82. The minimum Gasteiger partial charge on any atom is -0.449 e. The number of alkyl halides is 7. The Morgan fingerprint density at radius 1 is 0.938 bits per heavy atom. The van der Waals surface area contributed by atoms with Gasteiger partial charge in [0.2, 0.25) is 0 Å². The van der Waals surface area contributed by atoms with Gasteiger partial charge in [0.05, 0.1) is 0 Å². The molecule has 0 rings (SSSR count). The van der Waals surface area contributed by atoms with Gasteiger partial charge in [-0.15, -0.1) is 0 Å². The summed E-state index contributed by atoms with van der Waals surface area (Å²) in [7, 11) is 0. The Morgan fingerprint density at radius 3 is 1.56 bits per heavy atom. The Hall–Kier alpha value is -1.55. The Bertz CT molecular complexity index is 306. The van der Waals surface area contributed by atoms with Crippen molar-refractivity contribution in [3.63, 3.8) is 0 Å². The van der Waals surface area contributed by atoms with E-state index in [1.54, 1.807) is 0 Å². The van der Waals surface area contributed by atoms with Crippen LogP contribution < -0.4 is 0 Å². The summed E-state index contributed by atoms with van der Waals surface area (Å²) in [4.78, 5) is 19.6. The van der Waals surface area contributed by atoms with Crippen LogP contribution in [0.2, 0.25) is 0 Å².